The van der Waals surface area contributed by atoms with Crippen LogP contribution in [0.3, 0.4) is 0 Å². The van der Waals surface area contributed by atoms with Gasteiger partial charge in [-0.3, -0.25) is 4.79 Å². The number of hydrogen-bond donors (Lipinski definition) is 1. The number of nitrogens with zero attached hydrogens (tertiary/aromatic N) is 2. The van der Waals surface area contributed by atoms with Gasteiger partial charge in [-0.15, -0.1) is 21.5 Å². The van der Waals surface area contributed by atoms with Gasteiger partial charge in [-0.25, -0.2) is 4.79 Å². The van der Waals surface area contributed by atoms with Gasteiger partial charge in [-0.05, 0) is 50.0 Å². The second-order valence-corrected chi connectivity index (χ2v) is 11.7. The van der Waals surface area contributed by atoms with Crippen molar-refractivity contribution in [1.29, 1.82) is 0 Å². The molecule has 0 saturated carbocycles. The predicted octanol–water partition coefficient (Wildman–Crippen LogP) is 4.97. The fourth-order valence-corrected chi connectivity index (χ4v) is 6.41. The van der Waals surface area contributed by atoms with E-state index in [1.807, 2.05) is 6.92 Å². The molecule has 0 aliphatic heterocycles. The third kappa shape index (κ3) is 5.38. The zero-order valence-electron chi connectivity index (χ0n) is 17.5. The van der Waals surface area contributed by atoms with Crippen molar-refractivity contribution in [3.63, 3.8) is 0 Å². The Morgan fingerprint density at radius 1 is 1.28 bits per heavy atom. The van der Waals surface area contributed by atoms with Crippen molar-refractivity contribution < 1.29 is 14.3 Å². The average Bonchev–Trinajstić information content (AvgIpc) is 3.21. The van der Waals surface area contributed by atoms with E-state index >= 15 is 0 Å². The number of rotatable bonds is 6. The molecule has 1 aliphatic rings. The maximum absolute atomic E-state index is 12.7. The number of nitrogens with one attached hydrogen (secondary N) is 1. The van der Waals surface area contributed by atoms with Crippen molar-refractivity contribution in [2.45, 2.75) is 58.2 Å². The first kappa shape index (κ1) is 22.2. The number of thioether (sulfide) groups is 1. The summed E-state index contributed by atoms with van der Waals surface area (Å²) < 4.78 is 6.06. The van der Waals surface area contributed by atoms with Gasteiger partial charge in [0.15, 0.2) is 4.34 Å². The molecule has 1 N–H and O–H groups in total. The molecule has 0 aromatic carbocycles. The van der Waals surface area contributed by atoms with E-state index in [2.05, 4.69) is 36.3 Å². The summed E-state index contributed by atoms with van der Waals surface area (Å²) in [4.78, 5) is 26.4. The van der Waals surface area contributed by atoms with Crippen LogP contribution in [0.1, 0.15) is 59.9 Å². The van der Waals surface area contributed by atoms with Crippen LogP contribution < -0.4 is 5.32 Å². The molecule has 0 unspecified atom stereocenters. The number of ether oxygens (including phenoxy) is 1. The Labute approximate surface area is 183 Å². The molecule has 3 rings (SSSR count). The van der Waals surface area contributed by atoms with E-state index in [4.69, 9.17) is 4.74 Å². The largest absolute Gasteiger partial charge is 0.462 e. The van der Waals surface area contributed by atoms with E-state index in [0.29, 0.717) is 23.1 Å². The van der Waals surface area contributed by atoms with Crippen molar-refractivity contribution in [1.82, 2.24) is 10.2 Å². The van der Waals surface area contributed by atoms with Gasteiger partial charge in [0.1, 0.15) is 10.0 Å². The molecule has 0 bridgehead atoms. The number of esters is 1. The zero-order valence-corrected chi connectivity index (χ0v) is 19.9. The van der Waals surface area contributed by atoms with Crippen molar-refractivity contribution in [2.75, 3.05) is 17.7 Å². The van der Waals surface area contributed by atoms with Crippen molar-refractivity contribution in [3.8, 4) is 0 Å². The minimum atomic E-state index is -0.345. The molecule has 9 heteroatoms. The molecule has 29 heavy (non-hydrogen) atoms. The number of hydrogen-bond acceptors (Lipinski definition) is 8. The van der Waals surface area contributed by atoms with Gasteiger partial charge >= 0.3 is 5.97 Å². The molecule has 2 heterocycles. The van der Waals surface area contributed by atoms with Crippen molar-refractivity contribution in [2.24, 2.45) is 11.3 Å². The number of carbonyl (C=O) groups excluding carboxylic acids is 2. The van der Waals surface area contributed by atoms with Crippen molar-refractivity contribution >= 4 is 51.3 Å². The van der Waals surface area contributed by atoms with Gasteiger partial charge in [0, 0.05) is 4.88 Å². The van der Waals surface area contributed by atoms with Crippen LogP contribution in [-0.4, -0.2) is 34.4 Å². The van der Waals surface area contributed by atoms with Crippen LogP contribution in [0.2, 0.25) is 0 Å². The van der Waals surface area contributed by atoms with E-state index in [-0.39, 0.29) is 23.0 Å². The van der Waals surface area contributed by atoms with Gasteiger partial charge in [-0.1, -0.05) is 43.9 Å². The summed E-state index contributed by atoms with van der Waals surface area (Å²) >= 11 is 4.34. The lowest BCUT2D eigenvalue weighted by atomic mass is 9.72. The Hall–Kier alpha value is -1.45. The lowest BCUT2D eigenvalue weighted by molar-refractivity contribution is -0.113. The Morgan fingerprint density at radius 3 is 2.66 bits per heavy atom. The Morgan fingerprint density at radius 2 is 2.03 bits per heavy atom. The van der Waals surface area contributed by atoms with Crippen LogP contribution in [-0.2, 0) is 22.4 Å². The number of anilines is 1. The summed E-state index contributed by atoms with van der Waals surface area (Å²) in [6.07, 6.45) is 2.82. The van der Waals surface area contributed by atoms with E-state index in [1.165, 1.54) is 39.3 Å². The highest BCUT2D eigenvalue weighted by Gasteiger charge is 2.34. The van der Waals surface area contributed by atoms with Crippen LogP contribution in [0.15, 0.2) is 4.34 Å². The molecule has 0 spiro atoms. The van der Waals surface area contributed by atoms with E-state index in [9.17, 15) is 9.59 Å². The van der Waals surface area contributed by atoms with Crippen molar-refractivity contribution in [3.05, 3.63) is 21.0 Å². The molecule has 158 valence electrons. The van der Waals surface area contributed by atoms with Gasteiger partial charge in [0.2, 0.25) is 5.91 Å². The van der Waals surface area contributed by atoms with Crippen LogP contribution in [0.5, 0.6) is 0 Å². The van der Waals surface area contributed by atoms with E-state index in [1.54, 1.807) is 6.92 Å². The molecule has 0 radical (unpaired) electrons. The first-order chi connectivity index (χ1) is 13.7. The summed E-state index contributed by atoms with van der Waals surface area (Å²) in [6, 6.07) is 0. The van der Waals surface area contributed by atoms with Crippen LogP contribution in [0, 0.1) is 18.3 Å². The Balaban J connectivity index is 1.78. The second kappa shape index (κ2) is 9.14. The summed E-state index contributed by atoms with van der Waals surface area (Å²) in [6.45, 7) is 10.8. The SMILES string of the molecule is CCOC(=O)c1c(NC(=O)CSc2nnc(C)s2)sc2c1CC[C@@H](C(C)(C)C)C2. The molecule has 1 amide bonds. The maximum atomic E-state index is 12.7. The molecular weight excluding hydrogens is 426 g/mol. The predicted molar refractivity (Wildman–Crippen MR) is 119 cm³/mol. The third-order valence-electron chi connectivity index (χ3n) is 5.06. The minimum Gasteiger partial charge on any atom is -0.462 e. The fourth-order valence-electron chi connectivity index (χ4n) is 3.46. The molecular formula is C20H27N3O3S3. The summed E-state index contributed by atoms with van der Waals surface area (Å²) in [5, 5.41) is 12.4. The Kier molecular flexibility index (Phi) is 7.01. The van der Waals surface area contributed by atoms with E-state index < -0.39 is 0 Å². The average molecular weight is 454 g/mol. The highest BCUT2D eigenvalue weighted by Crippen LogP contribution is 2.44. The number of fused-ring (bicyclic) bond motifs is 1. The normalized spacial score (nSPS) is 16.4. The quantitative estimate of drug-likeness (QED) is 0.491. The summed E-state index contributed by atoms with van der Waals surface area (Å²) in [5.74, 6) is 0.286. The third-order valence-corrected chi connectivity index (χ3v) is 8.20. The molecule has 0 fully saturated rings. The van der Waals surface area contributed by atoms with Gasteiger partial charge in [0.05, 0.1) is 17.9 Å². The smallest absolute Gasteiger partial charge is 0.341 e. The topological polar surface area (TPSA) is 81.2 Å². The highest BCUT2D eigenvalue weighted by atomic mass is 32.2. The van der Waals surface area contributed by atoms with Gasteiger partial charge in [0.25, 0.3) is 0 Å². The molecule has 1 aliphatic carbocycles. The monoisotopic (exact) mass is 453 g/mol. The molecule has 0 saturated heterocycles. The molecule has 1 atom stereocenters. The first-order valence-corrected chi connectivity index (χ1v) is 12.3. The fraction of sp³-hybridized carbons (Fsp3) is 0.600. The van der Waals surface area contributed by atoms with Crippen LogP contribution in [0.25, 0.3) is 0 Å². The molecule has 2 aromatic rings. The van der Waals surface area contributed by atoms with Crippen LogP contribution in [0.4, 0.5) is 5.00 Å². The number of aromatic nitrogens is 2. The van der Waals surface area contributed by atoms with Gasteiger partial charge in [-0.2, -0.15) is 0 Å². The zero-order chi connectivity index (χ0) is 21.2. The number of carbonyl (C=O) groups is 2. The maximum Gasteiger partial charge on any atom is 0.341 e. The highest BCUT2D eigenvalue weighted by molar-refractivity contribution is 8.01. The van der Waals surface area contributed by atoms with Gasteiger partial charge < -0.3 is 10.1 Å². The lowest BCUT2D eigenvalue weighted by Gasteiger charge is -2.33. The number of amides is 1. The van der Waals surface area contributed by atoms with E-state index in [0.717, 1.165) is 34.2 Å². The standard InChI is InChI=1S/C20H27N3O3S3/c1-6-26-18(25)16-13-8-7-12(20(3,4)5)9-14(13)29-17(16)21-15(24)10-27-19-23-22-11(2)28-19/h12H,6-10H2,1-5H3,(H,21,24)/t12-/m1/s1. The molecule has 2 aromatic heterocycles. The first-order valence-electron chi connectivity index (χ1n) is 9.73. The molecule has 6 nitrogen and oxygen atoms in total. The van der Waals surface area contributed by atoms with Crippen LogP contribution >= 0.6 is 34.4 Å². The Bertz CT molecular complexity index is 899. The summed E-state index contributed by atoms with van der Waals surface area (Å²) in [7, 11) is 0. The lowest BCUT2D eigenvalue weighted by Crippen LogP contribution is -2.26. The second-order valence-electron chi connectivity index (χ2n) is 8.16. The summed E-state index contributed by atoms with van der Waals surface area (Å²) in [5.41, 5.74) is 1.81. The number of aryl methyl sites for hydroxylation is 1. The minimum absolute atomic E-state index is 0.153. The number of thiophene rings is 1.